The van der Waals surface area contributed by atoms with Crippen molar-refractivity contribution in [2.24, 2.45) is 0 Å². The molecular weight excluding hydrogens is 1790 g/mol. The molecule has 0 heterocycles. The monoisotopic (exact) mass is 1890 g/mol. The third kappa shape index (κ3) is 17.1. The van der Waals surface area contributed by atoms with Gasteiger partial charge < -0.3 is 0 Å². The van der Waals surface area contributed by atoms with Crippen LogP contribution in [-0.2, 0) is 24.7 Å². The van der Waals surface area contributed by atoms with Gasteiger partial charge >= 0.3 is 622 Å². The Labute approximate surface area is 615 Å². The fraction of sp³-hybridized carbons (Fsp3) is 0.267. The predicted molar refractivity (Wildman–Crippen MR) is 430 cm³/mol. The molecule has 101 heavy (non-hydrogen) atoms. The van der Waals surface area contributed by atoms with Gasteiger partial charge in [0.2, 0.25) is 0 Å². The second-order valence-corrected chi connectivity index (χ2v) is 66.9. The third-order valence-corrected chi connectivity index (χ3v) is 57.1. The van der Waals surface area contributed by atoms with Crippen molar-refractivity contribution in [3.05, 3.63) is 328 Å². The SMILES string of the molecule is Cc1c[c]([Bi]([F])([F])([c]2ccccc2)[c]2ccccc2)cc(C(C)(C)C)c1C.Cc1c[c]([Sb](=[O])([c]2ccccc2)[c]2ccccc2)cc(C(C)(C)C)c1C.Cc1c[c]([Sb]([F])([F])([c]2ccccc2)[c]2ccccc2)cc(C(C)(C)C)c1C.Cc1cc([Te](F)(F)c2ccccc2)cc(C(C)(C)C)c1C. The van der Waals surface area contributed by atoms with Gasteiger partial charge in [0.1, 0.15) is 0 Å². The summed E-state index contributed by atoms with van der Waals surface area (Å²) in [5.74, 6) is 0. The molecule has 0 bridgehead atoms. The second kappa shape index (κ2) is 31.0. The number of aryl methyl sites for hydroxylation is 4. The molecule has 0 saturated carbocycles. The Morgan fingerprint density at radius 3 is 0.980 bits per heavy atom. The minimum atomic E-state index is -6.75. The molecule has 0 fully saturated rings. The van der Waals surface area contributed by atoms with Crippen LogP contribution in [0.2, 0.25) is 0 Å². The number of hydrogen-bond acceptors (Lipinski definition) is 1. The second-order valence-electron chi connectivity index (χ2n) is 30.9. The molecule has 11 aromatic carbocycles. The molecule has 11 aromatic rings. The zero-order chi connectivity index (χ0) is 74.6. The van der Waals surface area contributed by atoms with Gasteiger partial charge in [-0.1, -0.05) is 0 Å². The molecule has 0 atom stereocenters. The van der Waals surface area contributed by atoms with E-state index in [2.05, 4.69) is 109 Å². The van der Waals surface area contributed by atoms with Crippen LogP contribution in [-0.4, -0.2) is 76.7 Å². The average molecular weight is 1890 g/mol. The molecule has 1 nitrogen and oxygen atoms in total. The molecule has 0 spiro atoms. The number of halogens is 6. The van der Waals surface area contributed by atoms with E-state index in [1.165, 1.54) is 16.7 Å². The van der Waals surface area contributed by atoms with Crippen LogP contribution in [0.1, 0.15) is 150 Å². The summed E-state index contributed by atoms with van der Waals surface area (Å²) >= 11 is -22.7. The number of rotatable bonds is 11. The standard InChI is InChI=1S/C18H22F2Te.3C12H17.6C6H5.Bi.4FH.O.2Sb/c1-13-11-16(12-17(14(13)2)18(3,4)5)21(19,20)15-9-7-6-8-10-15;3*1-9-7-6-8-11(10(9)2)12(3,4)5;6*1-2-4-6-5-3-1;;;;;;;;/h6-12H,1-5H3;3*7-8H,1-5H3;6*1-5H;;4*1H;;;/q;;;;;;;;;;+2;;;;;;;+2/p-4. The van der Waals surface area contributed by atoms with E-state index in [4.69, 9.17) is 0 Å². The van der Waals surface area contributed by atoms with E-state index >= 15 is 10.9 Å². The summed E-state index contributed by atoms with van der Waals surface area (Å²) in [5.41, 5.74) is 12.5. The first kappa shape index (κ1) is 80.8. The van der Waals surface area contributed by atoms with E-state index in [9.17, 15) is 8.80 Å². The Bertz CT molecular complexity index is 4420. The van der Waals surface area contributed by atoms with Crippen LogP contribution in [0.3, 0.4) is 0 Å². The van der Waals surface area contributed by atoms with Crippen LogP contribution in [0.15, 0.2) is 261 Å². The molecule has 0 radical (unpaired) electrons. The molecule has 11 heteroatoms. The summed E-state index contributed by atoms with van der Waals surface area (Å²) in [7, 11) is 0. The van der Waals surface area contributed by atoms with Crippen molar-refractivity contribution >= 4 is 115 Å². The van der Waals surface area contributed by atoms with Crippen molar-refractivity contribution in [2.75, 3.05) is 0 Å². The van der Waals surface area contributed by atoms with Crippen molar-refractivity contribution in [3.8, 4) is 0 Å². The van der Waals surface area contributed by atoms with Gasteiger partial charge in [-0.15, -0.1) is 0 Å². The molecule has 0 aromatic heterocycles. The zero-order valence-corrected chi connectivity index (χ0v) is 73.7. The molecule has 0 aliphatic heterocycles. The van der Waals surface area contributed by atoms with Gasteiger partial charge in [0, 0.05) is 0 Å². The van der Waals surface area contributed by atoms with E-state index in [1.807, 2.05) is 102 Å². The summed E-state index contributed by atoms with van der Waals surface area (Å²) in [6, 6.07) is 76.9. The Balaban J connectivity index is 0.000000172. The zero-order valence-electron chi connectivity index (χ0n) is 62.8. The fourth-order valence-electron chi connectivity index (χ4n) is 13.4. The van der Waals surface area contributed by atoms with Crippen LogP contribution in [0.25, 0.3) is 0 Å². The van der Waals surface area contributed by atoms with Gasteiger partial charge in [0.15, 0.2) is 0 Å². The van der Waals surface area contributed by atoms with E-state index in [1.54, 1.807) is 188 Å². The fourth-order valence-corrected chi connectivity index (χ4v) is 45.8. The van der Waals surface area contributed by atoms with E-state index in [-0.39, 0.29) is 49.2 Å². The Kier molecular flexibility index (Phi) is 24.8. The third-order valence-electron chi connectivity index (χ3n) is 19.5. The summed E-state index contributed by atoms with van der Waals surface area (Å²) in [6.07, 6.45) is 0. The van der Waals surface area contributed by atoms with Crippen molar-refractivity contribution in [1.29, 1.82) is 0 Å². The van der Waals surface area contributed by atoms with Crippen LogP contribution in [0.5, 0.6) is 0 Å². The topological polar surface area (TPSA) is 17.1 Å². The maximum atomic E-state index is 17.1. The van der Waals surface area contributed by atoms with Gasteiger partial charge in [-0.25, -0.2) is 0 Å². The predicted octanol–water partition coefficient (Wildman–Crippen LogP) is 18.0. The molecule has 0 aliphatic carbocycles. The Hall–Kier alpha value is -5.89. The normalized spacial score (nSPS) is 13.3. The van der Waals surface area contributed by atoms with Gasteiger partial charge in [-0.3, -0.25) is 0 Å². The summed E-state index contributed by atoms with van der Waals surface area (Å²) < 4.78 is 118. The van der Waals surface area contributed by atoms with Gasteiger partial charge in [0.25, 0.3) is 0 Å². The van der Waals surface area contributed by atoms with Crippen LogP contribution in [0, 0.1) is 55.4 Å². The minimum absolute atomic E-state index is 0.0173. The van der Waals surface area contributed by atoms with Crippen LogP contribution < -0.4 is 38.1 Å². The molecule has 0 aliphatic rings. The molecule has 11 rings (SSSR count). The quantitative estimate of drug-likeness (QED) is 0.0932. The van der Waals surface area contributed by atoms with Gasteiger partial charge in [-0.2, -0.15) is 0 Å². The number of benzene rings is 11. The van der Waals surface area contributed by atoms with E-state index in [0.717, 1.165) is 60.6 Å². The van der Waals surface area contributed by atoms with Crippen molar-refractivity contribution < 1.29 is 19.7 Å². The van der Waals surface area contributed by atoms with Crippen molar-refractivity contribution in [1.82, 2.24) is 0 Å². The van der Waals surface area contributed by atoms with E-state index in [0.29, 0.717) is 0 Å². The number of hydrogen-bond donors (Lipinski definition) is 0. The molecule has 0 amide bonds. The Morgan fingerprint density at radius 1 is 0.307 bits per heavy atom. The first-order valence-corrected chi connectivity index (χ1v) is 57.1. The summed E-state index contributed by atoms with van der Waals surface area (Å²) in [6.45, 7) is 41.6. The molecule has 0 saturated heterocycles. The Morgan fingerprint density at radius 2 is 0.604 bits per heavy atom. The molecule has 0 unspecified atom stereocenters. The summed E-state index contributed by atoms with van der Waals surface area (Å²) in [4.78, 5) is 0. The maximum absolute atomic E-state index is 17.1. The van der Waals surface area contributed by atoms with Crippen LogP contribution >= 0.6 is 0 Å². The molecule has 0 N–H and O–H groups in total. The van der Waals surface area contributed by atoms with E-state index < -0.39 is 76.7 Å². The van der Waals surface area contributed by atoms with Crippen molar-refractivity contribution in [2.45, 2.75) is 160 Å². The van der Waals surface area contributed by atoms with Gasteiger partial charge in [-0.05, 0) is 0 Å². The first-order chi connectivity index (χ1) is 47.0. The average Bonchev–Trinajstić information content (AvgIpc) is 0.715. The molecule has 532 valence electrons. The molecular formula is C90H103BiF6OSb2Te. The first-order valence-electron chi connectivity index (χ1n) is 34.6. The van der Waals surface area contributed by atoms with Crippen molar-refractivity contribution in [3.63, 3.8) is 0 Å². The van der Waals surface area contributed by atoms with Crippen LogP contribution in [0.4, 0.5) is 16.7 Å². The van der Waals surface area contributed by atoms with Gasteiger partial charge in [0.05, 0.1) is 0 Å². The summed E-state index contributed by atoms with van der Waals surface area (Å²) in [5, 5.41) is 0.